The van der Waals surface area contributed by atoms with E-state index in [1.54, 1.807) is 0 Å². The van der Waals surface area contributed by atoms with Gasteiger partial charge in [-0.1, -0.05) is 68.3 Å². The standard InChI is InChI=1S/C16H15Br2NO/c17-9-10-19(12-13-5-2-1-3-6-13)16(20)14-7-4-8-15(18)11-14/h1-8,11H,9-10,12H2. The number of halogens is 2. The lowest BCUT2D eigenvalue weighted by Crippen LogP contribution is -2.32. The predicted octanol–water partition coefficient (Wildman–Crippen LogP) is 4.49. The van der Waals surface area contributed by atoms with Gasteiger partial charge in [0.2, 0.25) is 0 Å². The molecule has 2 aromatic rings. The average molecular weight is 397 g/mol. The van der Waals surface area contributed by atoms with Crippen LogP contribution in [0.15, 0.2) is 59.1 Å². The lowest BCUT2D eigenvalue weighted by atomic mass is 10.1. The van der Waals surface area contributed by atoms with Crippen molar-refractivity contribution in [3.8, 4) is 0 Å². The highest BCUT2D eigenvalue weighted by atomic mass is 79.9. The molecule has 1 amide bonds. The van der Waals surface area contributed by atoms with Gasteiger partial charge in [-0.25, -0.2) is 0 Å². The highest BCUT2D eigenvalue weighted by Gasteiger charge is 2.15. The number of nitrogens with zero attached hydrogens (tertiary/aromatic N) is 1. The number of hydrogen-bond donors (Lipinski definition) is 0. The van der Waals surface area contributed by atoms with E-state index in [0.717, 1.165) is 15.4 Å². The van der Waals surface area contributed by atoms with E-state index in [2.05, 4.69) is 31.9 Å². The van der Waals surface area contributed by atoms with Crippen LogP contribution in [0, 0.1) is 0 Å². The Labute approximate surface area is 136 Å². The van der Waals surface area contributed by atoms with Gasteiger partial charge < -0.3 is 4.90 Å². The van der Waals surface area contributed by atoms with Gasteiger partial charge in [-0.3, -0.25) is 4.79 Å². The molecule has 0 fully saturated rings. The lowest BCUT2D eigenvalue weighted by molar-refractivity contribution is 0.0754. The van der Waals surface area contributed by atoms with Crippen LogP contribution >= 0.6 is 31.9 Å². The number of benzene rings is 2. The molecular formula is C16H15Br2NO. The van der Waals surface area contributed by atoms with E-state index in [-0.39, 0.29) is 5.91 Å². The fourth-order valence-electron chi connectivity index (χ4n) is 1.96. The number of hydrogen-bond acceptors (Lipinski definition) is 1. The average Bonchev–Trinajstić information content (AvgIpc) is 2.47. The highest BCUT2D eigenvalue weighted by Crippen LogP contribution is 2.15. The first kappa shape index (κ1) is 15.3. The van der Waals surface area contributed by atoms with E-state index < -0.39 is 0 Å². The summed E-state index contributed by atoms with van der Waals surface area (Å²) in [5.74, 6) is 0.0506. The Bertz CT molecular complexity index is 572. The highest BCUT2D eigenvalue weighted by molar-refractivity contribution is 9.10. The molecule has 0 unspecified atom stereocenters. The second-order valence-electron chi connectivity index (χ2n) is 4.41. The van der Waals surface area contributed by atoms with Crippen LogP contribution in [0.3, 0.4) is 0 Å². The van der Waals surface area contributed by atoms with Crippen molar-refractivity contribution in [2.45, 2.75) is 6.54 Å². The molecule has 0 radical (unpaired) electrons. The van der Waals surface area contributed by atoms with Gasteiger partial charge in [0.15, 0.2) is 0 Å². The van der Waals surface area contributed by atoms with Crippen LogP contribution in [-0.4, -0.2) is 22.7 Å². The fraction of sp³-hybridized carbons (Fsp3) is 0.188. The van der Waals surface area contributed by atoms with Crippen molar-refractivity contribution in [3.05, 3.63) is 70.2 Å². The number of amides is 1. The molecule has 0 atom stereocenters. The summed E-state index contributed by atoms with van der Waals surface area (Å²) < 4.78 is 0.918. The van der Waals surface area contributed by atoms with Gasteiger partial charge in [-0.05, 0) is 23.8 Å². The second-order valence-corrected chi connectivity index (χ2v) is 6.12. The van der Waals surface area contributed by atoms with E-state index in [0.29, 0.717) is 18.7 Å². The van der Waals surface area contributed by atoms with E-state index in [1.165, 1.54) is 0 Å². The molecular weight excluding hydrogens is 382 g/mol. The first-order valence-electron chi connectivity index (χ1n) is 6.35. The topological polar surface area (TPSA) is 20.3 Å². The quantitative estimate of drug-likeness (QED) is 0.682. The maximum absolute atomic E-state index is 12.6. The summed E-state index contributed by atoms with van der Waals surface area (Å²) in [4.78, 5) is 14.4. The Morgan fingerprint density at radius 3 is 2.45 bits per heavy atom. The van der Waals surface area contributed by atoms with Crippen LogP contribution < -0.4 is 0 Å². The Morgan fingerprint density at radius 1 is 1.05 bits per heavy atom. The monoisotopic (exact) mass is 395 g/mol. The van der Waals surface area contributed by atoms with Crippen molar-refractivity contribution in [1.82, 2.24) is 4.90 Å². The summed E-state index contributed by atoms with van der Waals surface area (Å²) in [5, 5.41) is 0.763. The first-order chi connectivity index (χ1) is 9.70. The Hall–Kier alpha value is -1.13. The van der Waals surface area contributed by atoms with E-state index in [4.69, 9.17) is 0 Å². The second kappa shape index (κ2) is 7.60. The van der Waals surface area contributed by atoms with Gasteiger partial charge in [0.1, 0.15) is 0 Å². The number of carbonyl (C=O) groups is 1. The predicted molar refractivity (Wildman–Crippen MR) is 89.1 cm³/mol. The Morgan fingerprint density at radius 2 is 1.80 bits per heavy atom. The fourth-order valence-corrected chi connectivity index (χ4v) is 2.79. The van der Waals surface area contributed by atoms with Crippen molar-refractivity contribution in [2.24, 2.45) is 0 Å². The largest absolute Gasteiger partial charge is 0.333 e. The SMILES string of the molecule is O=C(c1cccc(Br)c1)N(CCBr)Cc1ccccc1. The van der Waals surface area contributed by atoms with Crippen LogP contribution in [0.1, 0.15) is 15.9 Å². The number of rotatable bonds is 5. The summed E-state index contributed by atoms with van der Waals surface area (Å²) >= 11 is 6.82. The van der Waals surface area contributed by atoms with Crippen LogP contribution in [0.4, 0.5) is 0 Å². The van der Waals surface area contributed by atoms with Crippen molar-refractivity contribution in [3.63, 3.8) is 0 Å². The normalized spacial score (nSPS) is 10.3. The number of carbonyl (C=O) groups excluding carboxylic acids is 1. The van der Waals surface area contributed by atoms with Crippen LogP contribution in [0.5, 0.6) is 0 Å². The zero-order valence-corrected chi connectivity index (χ0v) is 14.1. The van der Waals surface area contributed by atoms with Gasteiger partial charge in [0.25, 0.3) is 5.91 Å². The zero-order chi connectivity index (χ0) is 14.4. The van der Waals surface area contributed by atoms with Crippen LogP contribution in [-0.2, 0) is 6.54 Å². The molecule has 0 aromatic heterocycles. The maximum Gasteiger partial charge on any atom is 0.254 e. The smallest absolute Gasteiger partial charge is 0.254 e. The minimum Gasteiger partial charge on any atom is -0.333 e. The summed E-state index contributed by atoms with van der Waals surface area (Å²) in [5.41, 5.74) is 1.84. The molecule has 0 aliphatic heterocycles. The molecule has 20 heavy (non-hydrogen) atoms. The van der Waals surface area contributed by atoms with Crippen molar-refractivity contribution in [1.29, 1.82) is 0 Å². The minimum absolute atomic E-state index is 0.0506. The molecule has 0 aliphatic carbocycles. The third-order valence-corrected chi connectivity index (χ3v) is 3.78. The molecule has 0 saturated heterocycles. The van der Waals surface area contributed by atoms with Crippen molar-refractivity contribution in [2.75, 3.05) is 11.9 Å². The molecule has 2 nitrogen and oxygen atoms in total. The minimum atomic E-state index is 0.0506. The summed E-state index contributed by atoms with van der Waals surface area (Å²) in [6, 6.07) is 17.5. The van der Waals surface area contributed by atoms with Crippen molar-refractivity contribution >= 4 is 37.8 Å². The first-order valence-corrected chi connectivity index (χ1v) is 8.27. The molecule has 0 heterocycles. The molecule has 2 rings (SSSR count). The molecule has 0 saturated carbocycles. The van der Waals surface area contributed by atoms with Crippen LogP contribution in [0.25, 0.3) is 0 Å². The molecule has 0 spiro atoms. The zero-order valence-electron chi connectivity index (χ0n) is 10.9. The molecule has 0 aliphatic rings. The summed E-state index contributed by atoms with van der Waals surface area (Å²) in [6.07, 6.45) is 0. The van der Waals surface area contributed by atoms with Gasteiger partial charge in [-0.15, -0.1) is 0 Å². The Kier molecular flexibility index (Phi) is 5.80. The molecule has 0 bridgehead atoms. The van der Waals surface area contributed by atoms with E-state index >= 15 is 0 Å². The van der Waals surface area contributed by atoms with Gasteiger partial charge >= 0.3 is 0 Å². The van der Waals surface area contributed by atoms with Gasteiger partial charge in [-0.2, -0.15) is 0 Å². The lowest BCUT2D eigenvalue weighted by Gasteiger charge is -2.22. The van der Waals surface area contributed by atoms with Crippen LogP contribution in [0.2, 0.25) is 0 Å². The Balaban J connectivity index is 2.18. The maximum atomic E-state index is 12.6. The van der Waals surface area contributed by atoms with Gasteiger partial charge in [0, 0.05) is 28.5 Å². The molecule has 104 valence electrons. The third-order valence-electron chi connectivity index (χ3n) is 2.93. The summed E-state index contributed by atoms with van der Waals surface area (Å²) in [6.45, 7) is 1.30. The number of alkyl halides is 1. The molecule has 4 heteroatoms. The third kappa shape index (κ3) is 4.18. The summed E-state index contributed by atoms with van der Waals surface area (Å²) in [7, 11) is 0. The van der Waals surface area contributed by atoms with E-state index in [9.17, 15) is 4.79 Å². The van der Waals surface area contributed by atoms with E-state index in [1.807, 2.05) is 59.5 Å². The molecule has 2 aromatic carbocycles. The molecule has 0 N–H and O–H groups in total. The van der Waals surface area contributed by atoms with Gasteiger partial charge in [0.05, 0.1) is 0 Å². The van der Waals surface area contributed by atoms with Crippen molar-refractivity contribution < 1.29 is 4.79 Å².